The van der Waals surface area contributed by atoms with Gasteiger partial charge >= 0.3 is 11.9 Å². The number of carboxylic acid groups (broad SMARTS) is 1. The molecule has 0 aromatic heterocycles. The maximum Gasteiger partial charge on any atom is 0.310 e. The van der Waals surface area contributed by atoms with Crippen LogP contribution in [0.15, 0.2) is 24.3 Å². The summed E-state index contributed by atoms with van der Waals surface area (Å²) < 4.78 is 14.1. The summed E-state index contributed by atoms with van der Waals surface area (Å²) in [6, 6.07) is 4.02. The first kappa shape index (κ1) is 20.2. The molecule has 0 unspecified atom stereocenters. The molecule has 24 heavy (non-hydrogen) atoms. The number of carbonyl (C=O) groups excluding carboxylic acids is 1. The van der Waals surface area contributed by atoms with Crippen molar-refractivity contribution in [3.63, 3.8) is 0 Å². The Hall–Kier alpha value is -0.110. The molecule has 0 aliphatic heterocycles. The molecule has 2 atom stereocenters. The molecule has 0 spiro atoms. The van der Waals surface area contributed by atoms with Gasteiger partial charge < -0.3 is 14.6 Å². The fourth-order valence-corrected chi connectivity index (χ4v) is 6.30. The van der Waals surface area contributed by atoms with Gasteiger partial charge in [0.1, 0.15) is 19.0 Å². The largest absolute Gasteiger partial charge is 0.488 e. The van der Waals surface area contributed by atoms with Gasteiger partial charge in [-0.3, -0.25) is 9.59 Å². The van der Waals surface area contributed by atoms with Crippen LogP contribution in [0.4, 0.5) is 0 Å². The van der Waals surface area contributed by atoms with Crippen molar-refractivity contribution < 1.29 is 24.2 Å². The first-order chi connectivity index (χ1) is 11.4. The van der Waals surface area contributed by atoms with Crippen LogP contribution in [0, 0.1) is 22.5 Å². The summed E-state index contributed by atoms with van der Waals surface area (Å²) in [6.45, 7) is 0.335. The molecule has 130 valence electrons. The molecule has 1 N–H and O–H groups in total. The van der Waals surface area contributed by atoms with Crippen molar-refractivity contribution in [2.45, 2.75) is 12.8 Å². The molecule has 0 radical (unpaired) electrons. The minimum absolute atomic E-state index is 0.101. The summed E-state index contributed by atoms with van der Waals surface area (Å²) in [5, 5.41) is 9.19. The maximum atomic E-state index is 12.1. The summed E-state index contributed by atoms with van der Waals surface area (Å²) in [4.78, 5) is 23.3. The van der Waals surface area contributed by atoms with Gasteiger partial charge in [-0.1, -0.05) is 12.2 Å². The zero-order valence-corrected chi connectivity index (χ0v) is 19.0. The number of esters is 1. The predicted octanol–water partition coefficient (Wildman–Crippen LogP) is 4.09. The molecule has 0 saturated heterocycles. The van der Waals surface area contributed by atoms with Crippen molar-refractivity contribution >= 4 is 79.7 Å². The van der Waals surface area contributed by atoms with E-state index in [1.54, 1.807) is 6.08 Å². The summed E-state index contributed by atoms with van der Waals surface area (Å²) in [6.07, 6.45) is 4.40. The number of hydrogen-bond acceptors (Lipinski definition) is 4. The third-order valence-electron chi connectivity index (χ3n) is 3.59. The molecule has 0 bridgehead atoms. The lowest BCUT2D eigenvalue weighted by Gasteiger charge is -2.23. The zero-order chi connectivity index (χ0) is 17.7. The van der Waals surface area contributed by atoms with Crippen LogP contribution in [0.3, 0.4) is 0 Å². The number of halogens is 3. The first-order valence-corrected chi connectivity index (χ1v) is 10.5. The number of aliphatic carboxylic acids is 1. The Kier molecular flexibility index (Phi) is 8.04. The van der Waals surface area contributed by atoms with Gasteiger partial charge in [-0.15, -0.1) is 0 Å². The maximum absolute atomic E-state index is 12.1. The zero-order valence-electron chi connectivity index (χ0n) is 12.5. The lowest BCUT2D eigenvalue weighted by atomic mass is 9.83. The lowest BCUT2D eigenvalue weighted by molar-refractivity contribution is -0.158. The average Bonchev–Trinajstić information content (AvgIpc) is 2.52. The van der Waals surface area contributed by atoms with E-state index in [2.05, 4.69) is 67.8 Å². The molecule has 0 saturated carbocycles. The van der Waals surface area contributed by atoms with Gasteiger partial charge in [0.2, 0.25) is 0 Å². The standard InChI is InChI=1S/C16H15I3O5/c17-9-7-12(18)14(13(19)8-9)23-5-6-24-16(22)11-4-2-1-3-10(11)15(20)21/h1-2,7-8,10-11H,3-6H2,(H,20,21)/t10-,11-/m0/s1. The van der Waals surface area contributed by atoms with E-state index in [0.29, 0.717) is 12.8 Å². The van der Waals surface area contributed by atoms with E-state index in [4.69, 9.17) is 9.47 Å². The van der Waals surface area contributed by atoms with E-state index in [9.17, 15) is 14.7 Å². The van der Waals surface area contributed by atoms with Crippen LogP contribution in [0.2, 0.25) is 0 Å². The molecular formula is C16H15I3O5. The Morgan fingerprint density at radius 1 is 1.04 bits per heavy atom. The second-order valence-corrected chi connectivity index (χ2v) is 8.78. The summed E-state index contributed by atoms with van der Waals surface area (Å²) in [5.74, 6) is -1.98. The number of ether oxygens (including phenoxy) is 2. The number of benzene rings is 1. The van der Waals surface area contributed by atoms with Crippen LogP contribution in [0.5, 0.6) is 5.75 Å². The van der Waals surface area contributed by atoms with Gasteiger partial charge in [-0.05, 0) is 92.7 Å². The van der Waals surface area contributed by atoms with Gasteiger partial charge in [0.25, 0.3) is 0 Å². The van der Waals surface area contributed by atoms with Crippen molar-refractivity contribution in [3.8, 4) is 5.75 Å². The summed E-state index contributed by atoms with van der Waals surface area (Å²) in [5.41, 5.74) is 0. The van der Waals surface area contributed by atoms with E-state index in [-0.39, 0.29) is 13.2 Å². The van der Waals surface area contributed by atoms with Gasteiger partial charge in [-0.25, -0.2) is 0 Å². The van der Waals surface area contributed by atoms with E-state index >= 15 is 0 Å². The summed E-state index contributed by atoms with van der Waals surface area (Å²) in [7, 11) is 0. The van der Waals surface area contributed by atoms with E-state index in [1.807, 2.05) is 18.2 Å². The lowest BCUT2D eigenvalue weighted by Crippen LogP contribution is -2.33. The minimum Gasteiger partial charge on any atom is -0.488 e. The number of allylic oxidation sites excluding steroid dienone is 2. The molecule has 8 heteroatoms. The quantitative estimate of drug-likeness (QED) is 0.214. The SMILES string of the molecule is O=C(O)[C@H]1CC=CC[C@@H]1C(=O)OCCOc1c(I)cc(I)cc1I. The molecule has 1 aliphatic carbocycles. The fourth-order valence-electron chi connectivity index (χ4n) is 2.41. The molecule has 0 fully saturated rings. The van der Waals surface area contributed by atoms with Crippen LogP contribution in [0.1, 0.15) is 12.8 Å². The monoisotopic (exact) mass is 668 g/mol. The Labute approximate surface area is 181 Å². The Bertz CT molecular complexity index is 636. The second kappa shape index (κ2) is 9.55. The number of hydrogen-bond donors (Lipinski definition) is 1. The highest BCUT2D eigenvalue weighted by Crippen LogP contribution is 2.30. The van der Waals surface area contributed by atoms with Crippen molar-refractivity contribution in [1.29, 1.82) is 0 Å². The van der Waals surface area contributed by atoms with Crippen LogP contribution in [-0.4, -0.2) is 30.3 Å². The average molecular weight is 668 g/mol. The number of rotatable bonds is 6. The van der Waals surface area contributed by atoms with Crippen molar-refractivity contribution in [1.82, 2.24) is 0 Å². The van der Waals surface area contributed by atoms with E-state index < -0.39 is 23.8 Å². The Morgan fingerprint density at radius 3 is 2.21 bits per heavy atom. The van der Waals surface area contributed by atoms with Crippen LogP contribution in [-0.2, 0) is 14.3 Å². The van der Waals surface area contributed by atoms with Crippen LogP contribution < -0.4 is 4.74 Å². The van der Waals surface area contributed by atoms with E-state index in [0.717, 1.165) is 16.5 Å². The second-order valence-electron chi connectivity index (χ2n) is 5.21. The van der Waals surface area contributed by atoms with Gasteiger partial charge in [0.15, 0.2) is 0 Å². The summed E-state index contributed by atoms with van der Waals surface area (Å²) >= 11 is 6.66. The highest BCUT2D eigenvalue weighted by molar-refractivity contribution is 14.1. The number of carboxylic acids is 1. The molecule has 1 aliphatic rings. The topological polar surface area (TPSA) is 72.8 Å². The van der Waals surface area contributed by atoms with Gasteiger partial charge in [-0.2, -0.15) is 0 Å². The molecule has 1 aromatic carbocycles. The third kappa shape index (κ3) is 5.44. The number of carbonyl (C=O) groups is 2. The normalized spacial score (nSPS) is 19.8. The smallest absolute Gasteiger partial charge is 0.310 e. The molecule has 0 amide bonds. The third-order valence-corrected chi connectivity index (χ3v) is 5.81. The van der Waals surface area contributed by atoms with Crippen molar-refractivity contribution in [3.05, 3.63) is 35.0 Å². The van der Waals surface area contributed by atoms with Gasteiger partial charge in [0, 0.05) is 3.57 Å². The highest BCUT2D eigenvalue weighted by atomic mass is 127. The first-order valence-electron chi connectivity index (χ1n) is 7.22. The molecule has 0 heterocycles. The Morgan fingerprint density at radius 2 is 1.62 bits per heavy atom. The highest BCUT2D eigenvalue weighted by Gasteiger charge is 2.35. The van der Waals surface area contributed by atoms with Crippen LogP contribution in [0.25, 0.3) is 0 Å². The van der Waals surface area contributed by atoms with Crippen molar-refractivity contribution in [2.24, 2.45) is 11.8 Å². The minimum atomic E-state index is -0.958. The fraction of sp³-hybridized carbons (Fsp3) is 0.375. The van der Waals surface area contributed by atoms with Gasteiger partial charge in [0.05, 0.1) is 19.0 Å². The molecule has 1 aromatic rings. The molecule has 5 nitrogen and oxygen atoms in total. The van der Waals surface area contributed by atoms with E-state index in [1.165, 1.54) is 0 Å². The van der Waals surface area contributed by atoms with Crippen LogP contribution >= 0.6 is 67.8 Å². The molecule has 2 rings (SSSR count). The Balaban J connectivity index is 1.85. The predicted molar refractivity (Wildman–Crippen MR) is 114 cm³/mol. The van der Waals surface area contributed by atoms with Crippen molar-refractivity contribution in [2.75, 3.05) is 13.2 Å². The molecular weight excluding hydrogens is 653 g/mol.